The maximum atomic E-state index is 12.1. The Labute approximate surface area is 121 Å². The summed E-state index contributed by atoms with van der Waals surface area (Å²) in [5.74, 6) is -1.21. The first kappa shape index (κ1) is 13.8. The van der Waals surface area contributed by atoms with Gasteiger partial charge in [-0.05, 0) is 26.2 Å². The quantitative estimate of drug-likeness (QED) is 0.759. The van der Waals surface area contributed by atoms with Gasteiger partial charge in [-0.25, -0.2) is 0 Å². The van der Waals surface area contributed by atoms with Gasteiger partial charge in [0.15, 0.2) is 5.78 Å². The molecular formula is C14H17N3O4. The smallest absolute Gasteiger partial charge is 0.309 e. The summed E-state index contributed by atoms with van der Waals surface area (Å²) < 4.78 is 1.56. The van der Waals surface area contributed by atoms with E-state index >= 15 is 0 Å². The average Bonchev–Trinajstić information content (AvgIpc) is 2.61. The van der Waals surface area contributed by atoms with E-state index in [-0.39, 0.29) is 18.2 Å². The minimum atomic E-state index is -0.820. The fourth-order valence-corrected chi connectivity index (χ4v) is 3.57. The molecule has 1 heterocycles. The number of hydrogen-bond donors (Lipinski definition) is 2. The fraction of sp³-hybridized carbons (Fsp3) is 0.571. The number of carbonyl (C=O) groups is 3. The second kappa shape index (κ2) is 4.16. The van der Waals surface area contributed by atoms with Crippen LogP contribution >= 0.6 is 0 Å². The van der Waals surface area contributed by atoms with Crippen molar-refractivity contribution in [1.82, 2.24) is 15.1 Å². The van der Waals surface area contributed by atoms with Crippen molar-refractivity contribution in [3.8, 4) is 0 Å². The van der Waals surface area contributed by atoms with Gasteiger partial charge >= 0.3 is 5.97 Å². The van der Waals surface area contributed by atoms with Crippen molar-refractivity contribution in [2.24, 2.45) is 17.9 Å². The predicted molar refractivity (Wildman–Crippen MR) is 71.6 cm³/mol. The van der Waals surface area contributed by atoms with Crippen LogP contribution in [0.1, 0.15) is 35.3 Å². The number of aliphatic carboxylic acids is 1. The first-order valence-corrected chi connectivity index (χ1v) is 6.83. The number of carboxylic acids is 1. The lowest BCUT2D eigenvalue weighted by molar-refractivity contribution is -0.220. The third kappa shape index (κ3) is 1.87. The van der Waals surface area contributed by atoms with E-state index in [9.17, 15) is 14.4 Å². The van der Waals surface area contributed by atoms with Gasteiger partial charge in [-0.2, -0.15) is 5.10 Å². The molecule has 0 atom stereocenters. The molecule has 3 fully saturated rings. The Kier molecular flexibility index (Phi) is 2.73. The zero-order valence-electron chi connectivity index (χ0n) is 12.0. The van der Waals surface area contributed by atoms with E-state index < -0.39 is 16.8 Å². The normalized spacial score (nSPS) is 29.2. The number of aromatic nitrogens is 2. The van der Waals surface area contributed by atoms with E-state index in [1.165, 1.54) is 0 Å². The lowest BCUT2D eigenvalue weighted by Gasteiger charge is -2.66. The van der Waals surface area contributed by atoms with Crippen LogP contribution in [-0.2, 0) is 16.6 Å². The Balaban J connectivity index is 1.55. The SMILES string of the molecule is Cc1nn(C)cc1C(=O)CNC(=O)C12CC(C(=O)O)(C1)C2. The van der Waals surface area contributed by atoms with Crippen LogP contribution in [0.25, 0.3) is 0 Å². The highest BCUT2D eigenvalue weighted by Gasteiger charge is 2.75. The van der Waals surface area contributed by atoms with Gasteiger partial charge in [-0.1, -0.05) is 0 Å². The van der Waals surface area contributed by atoms with Crippen molar-refractivity contribution >= 4 is 17.7 Å². The molecule has 1 aromatic heterocycles. The maximum absolute atomic E-state index is 12.1. The summed E-state index contributed by atoms with van der Waals surface area (Å²) in [6.45, 7) is 1.67. The molecule has 0 radical (unpaired) electrons. The molecule has 0 spiro atoms. The Morgan fingerprint density at radius 3 is 2.43 bits per heavy atom. The topological polar surface area (TPSA) is 101 Å². The van der Waals surface area contributed by atoms with Gasteiger partial charge in [-0.15, -0.1) is 0 Å². The summed E-state index contributed by atoms with van der Waals surface area (Å²) in [4.78, 5) is 35.1. The van der Waals surface area contributed by atoms with E-state index in [0.29, 0.717) is 30.5 Å². The summed E-state index contributed by atoms with van der Waals surface area (Å²) in [6, 6.07) is 0. The number of nitrogens with one attached hydrogen (secondary N) is 1. The predicted octanol–water partition coefficient (Wildman–Crippen LogP) is 0.282. The number of nitrogens with zero attached hydrogens (tertiary/aromatic N) is 2. The molecule has 2 N–H and O–H groups in total. The molecule has 0 aromatic carbocycles. The fourth-order valence-electron chi connectivity index (χ4n) is 3.57. The molecule has 3 aliphatic rings. The summed E-state index contributed by atoms with van der Waals surface area (Å²) >= 11 is 0. The van der Waals surface area contributed by atoms with Gasteiger partial charge in [0.25, 0.3) is 0 Å². The molecule has 3 aliphatic carbocycles. The summed E-state index contributed by atoms with van der Waals surface area (Å²) in [5, 5.41) is 15.8. The number of Topliss-reactive ketones (excluding diaryl/α,β-unsaturated/α-hetero) is 1. The Bertz CT molecular complexity index is 641. The van der Waals surface area contributed by atoms with Crippen LogP contribution in [0.5, 0.6) is 0 Å². The minimum Gasteiger partial charge on any atom is -0.481 e. The molecule has 3 saturated carbocycles. The molecule has 0 unspecified atom stereocenters. The second-order valence-electron chi connectivity index (χ2n) is 6.30. The van der Waals surface area contributed by atoms with Gasteiger partial charge in [-0.3, -0.25) is 19.1 Å². The van der Waals surface area contributed by atoms with Crippen molar-refractivity contribution in [3.63, 3.8) is 0 Å². The van der Waals surface area contributed by atoms with Crippen LogP contribution in [0.2, 0.25) is 0 Å². The number of ketones is 1. The van der Waals surface area contributed by atoms with Gasteiger partial charge < -0.3 is 10.4 Å². The molecule has 0 saturated heterocycles. The van der Waals surface area contributed by atoms with E-state index in [1.54, 1.807) is 24.9 Å². The Morgan fingerprint density at radius 2 is 1.95 bits per heavy atom. The number of carboxylic acid groups (broad SMARTS) is 1. The average molecular weight is 291 g/mol. The van der Waals surface area contributed by atoms with Crippen molar-refractivity contribution in [1.29, 1.82) is 0 Å². The van der Waals surface area contributed by atoms with Gasteiger partial charge in [0.1, 0.15) is 0 Å². The summed E-state index contributed by atoms with van der Waals surface area (Å²) in [5.41, 5.74) is -0.103. The van der Waals surface area contributed by atoms with Crippen molar-refractivity contribution < 1.29 is 19.5 Å². The number of hydrogen-bond acceptors (Lipinski definition) is 4. The van der Waals surface area contributed by atoms with Crippen LogP contribution in [0.15, 0.2) is 6.20 Å². The Morgan fingerprint density at radius 1 is 1.33 bits per heavy atom. The molecule has 112 valence electrons. The second-order valence-corrected chi connectivity index (χ2v) is 6.30. The standard InChI is InChI=1S/C14H17N3O4/c1-8-9(4-17(2)16-8)10(18)3-15-11(19)13-5-14(6-13,7-13)12(20)21/h4H,3,5-7H2,1-2H3,(H,15,19)(H,20,21). The lowest BCUT2D eigenvalue weighted by atomic mass is 9.35. The molecule has 2 bridgehead atoms. The van der Waals surface area contributed by atoms with Gasteiger partial charge in [0.2, 0.25) is 5.91 Å². The van der Waals surface area contributed by atoms with E-state index in [4.69, 9.17) is 5.11 Å². The largest absolute Gasteiger partial charge is 0.481 e. The number of aryl methyl sites for hydroxylation is 2. The van der Waals surface area contributed by atoms with Crippen molar-refractivity contribution in [2.45, 2.75) is 26.2 Å². The number of carbonyl (C=O) groups excluding carboxylic acids is 2. The summed E-state index contributed by atoms with van der Waals surface area (Å²) in [7, 11) is 1.73. The van der Waals surface area contributed by atoms with E-state index in [0.717, 1.165) is 0 Å². The number of rotatable bonds is 5. The van der Waals surface area contributed by atoms with Crippen LogP contribution in [0.3, 0.4) is 0 Å². The van der Waals surface area contributed by atoms with Crippen molar-refractivity contribution in [3.05, 3.63) is 17.5 Å². The van der Waals surface area contributed by atoms with Crippen LogP contribution in [0, 0.1) is 17.8 Å². The first-order valence-electron chi connectivity index (χ1n) is 6.83. The highest BCUT2D eigenvalue weighted by molar-refractivity contribution is 6.01. The van der Waals surface area contributed by atoms with E-state index in [1.807, 2.05) is 0 Å². The summed E-state index contributed by atoms with van der Waals surface area (Å²) in [6.07, 6.45) is 2.80. The third-order valence-corrected chi connectivity index (χ3v) is 4.69. The minimum absolute atomic E-state index is 0.0762. The van der Waals surface area contributed by atoms with Crippen molar-refractivity contribution in [2.75, 3.05) is 6.54 Å². The molecule has 7 nitrogen and oxygen atoms in total. The molecule has 21 heavy (non-hydrogen) atoms. The lowest BCUT2D eigenvalue weighted by Crippen LogP contribution is -2.70. The molecule has 4 rings (SSSR count). The molecule has 7 heteroatoms. The maximum Gasteiger partial charge on any atom is 0.309 e. The highest BCUT2D eigenvalue weighted by Crippen LogP contribution is 2.73. The van der Waals surface area contributed by atoms with Gasteiger partial charge in [0.05, 0.1) is 28.6 Å². The molecular weight excluding hydrogens is 274 g/mol. The highest BCUT2D eigenvalue weighted by atomic mass is 16.4. The van der Waals surface area contributed by atoms with Crippen LogP contribution in [-0.4, -0.2) is 39.1 Å². The van der Waals surface area contributed by atoms with Crippen LogP contribution in [0.4, 0.5) is 0 Å². The Hall–Kier alpha value is -2.18. The van der Waals surface area contributed by atoms with E-state index in [2.05, 4.69) is 10.4 Å². The third-order valence-electron chi connectivity index (χ3n) is 4.69. The van der Waals surface area contributed by atoms with Crippen LogP contribution < -0.4 is 5.32 Å². The molecule has 0 aliphatic heterocycles. The zero-order chi connectivity index (χ0) is 15.4. The zero-order valence-corrected chi connectivity index (χ0v) is 12.0. The molecule has 1 amide bonds. The molecule has 1 aromatic rings. The number of amides is 1. The monoisotopic (exact) mass is 291 g/mol. The first-order chi connectivity index (χ1) is 9.78. The van der Waals surface area contributed by atoms with Gasteiger partial charge in [0, 0.05) is 13.2 Å².